The number of carbonyl (C=O) groups is 2. The number of nitro groups is 1. The molecule has 0 aliphatic carbocycles. The number of nitrogens with zero attached hydrogens (tertiary/aromatic N) is 3. The highest BCUT2D eigenvalue weighted by molar-refractivity contribution is 7.80. The number of unbranched alkanes of at least 4 members (excludes halogenated alkanes) is 1. The number of esters is 1. The lowest BCUT2D eigenvalue weighted by atomic mass is 10.1. The zero-order valence-corrected chi connectivity index (χ0v) is 22.0. The van der Waals surface area contributed by atoms with Crippen molar-refractivity contribution in [3.63, 3.8) is 0 Å². The van der Waals surface area contributed by atoms with E-state index in [4.69, 9.17) is 17.0 Å². The molecule has 2 aromatic carbocycles. The molecule has 1 saturated heterocycles. The number of aromatic nitrogens is 1. The second-order valence-electron chi connectivity index (χ2n) is 8.61. The molecule has 12 heteroatoms. The molecule has 2 heterocycles. The normalized spacial score (nSPS) is 13.3. The molecule has 0 unspecified atom stereocenters. The van der Waals surface area contributed by atoms with E-state index in [2.05, 4.69) is 20.5 Å². The van der Waals surface area contributed by atoms with Gasteiger partial charge in [0.2, 0.25) is 0 Å². The fraction of sp³-hybridized carbons (Fsp3) is 0.360. The Bertz CT molecular complexity index is 1340. The van der Waals surface area contributed by atoms with Gasteiger partial charge in [0.1, 0.15) is 0 Å². The van der Waals surface area contributed by atoms with Crippen LogP contribution >= 0.6 is 23.6 Å². The third kappa shape index (κ3) is 6.57. The number of rotatable bonds is 8. The number of nitro benzene ring substituents is 1. The van der Waals surface area contributed by atoms with Crippen LogP contribution in [-0.2, 0) is 4.74 Å². The molecule has 0 bridgehead atoms. The Morgan fingerprint density at radius 1 is 1.19 bits per heavy atom. The Hall–Kier alpha value is -3.64. The fourth-order valence-electron chi connectivity index (χ4n) is 4.03. The number of hydrogen-bond donors (Lipinski definition) is 2. The SMILES string of the molecule is CCCCOC(=O)c1ccc2nc(NC(=S)NC(=O)c3cc([N+](=O)[O-])ccc3N3CCCCC3)sc2c1. The summed E-state index contributed by atoms with van der Waals surface area (Å²) in [6.45, 7) is 3.96. The molecule has 1 aromatic heterocycles. The zero-order valence-electron chi connectivity index (χ0n) is 20.3. The number of thiocarbonyl (C=S) groups is 1. The molecule has 1 aliphatic heterocycles. The van der Waals surface area contributed by atoms with Crippen LogP contribution in [-0.4, -0.2) is 46.6 Å². The van der Waals surface area contributed by atoms with Crippen LogP contribution in [0.4, 0.5) is 16.5 Å². The highest BCUT2D eigenvalue weighted by atomic mass is 32.1. The summed E-state index contributed by atoms with van der Waals surface area (Å²) >= 11 is 6.60. The van der Waals surface area contributed by atoms with Gasteiger partial charge in [0.25, 0.3) is 11.6 Å². The summed E-state index contributed by atoms with van der Waals surface area (Å²) in [4.78, 5) is 42.7. The fourth-order valence-corrected chi connectivity index (χ4v) is 5.19. The van der Waals surface area contributed by atoms with Crippen molar-refractivity contribution in [3.05, 3.63) is 57.6 Å². The maximum Gasteiger partial charge on any atom is 0.338 e. The lowest BCUT2D eigenvalue weighted by molar-refractivity contribution is -0.384. The Morgan fingerprint density at radius 2 is 1.97 bits per heavy atom. The molecule has 2 N–H and O–H groups in total. The van der Waals surface area contributed by atoms with Gasteiger partial charge in [0, 0.05) is 25.2 Å². The van der Waals surface area contributed by atoms with Gasteiger partial charge >= 0.3 is 5.97 Å². The van der Waals surface area contributed by atoms with Crippen LogP contribution in [0.3, 0.4) is 0 Å². The number of nitrogens with one attached hydrogen (secondary N) is 2. The molecular weight excluding hydrogens is 514 g/mol. The molecule has 1 aliphatic rings. The molecule has 0 spiro atoms. The number of carbonyl (C=O) groups excluding carboxylic acids is 2. The molecule has 37 heavy (non-hydrogen) atoms. The van der Waals surface area contributed by atoms with Gasteiger partial charge in [0.15, 0.2) is 10.2 Å². The van der Waals surface area contributed by atoms with Crippen LogP contribution in [0.25, 0.3) is 10.2 Å². The minimum Gasteiger partial charge on any atom is -0.462 e. The highest BCUT2D eigenvalue weighted by Gasteiger charge is 2.23. The quantitative estimate of drug-likeness (QED) is 0.129. The number of fused-ring (bicyclic) bond motifs is 1. The van der Waals surface area contributed by atoms with Crippen LogP contribution in [0.5, 0.6) is 0 Å². The molecule has 4 rings (SSSR count). The van der Waals surface area contributed by atoms with E-state index < -0.39 is 10.8 Å². The van der Waals surface area contributed by atoms with Crippen molar-refractivity contribution >= 4 is 67.3 Å². The topological polar surface area (TPSA) is 127 Å². The smallest absolute Gasteiger partial charge is 0.338 e. The van der Waals surface area contributed by atoms with Crippen molar-refractivity contribution in [1.29, 1.82) is 0 Å². The van der Waals surface area contributed by atoms with Gasteiger partial charge < -0.3 is 15.0 Å². The Morgan fingerprint density at radius 3 is 2.70 bits per heavy atom. The monoisotopic (exact) mass is 541 g/mol. The van der Waals surface area contributed by atoms with Crippen molar-refractivity contribution in [1.82, 2.24) is 10.3 Å². The van der Waals surface area contributed by atoms with Gasteiger partial charge in [-0.25, -0.2) is 9.78 Å². The number of anilines is 2. The van der Waals surface area contributed by atoms with E-state index in [1.807, 2.05) is 6.92 Å². The number of piperidine rings is 1. The minimum atomic E-state index is -0.542. The molecule has 194 valence electrons. The van der Waals surface area contributed by atoms with E-state index in [1.165, 1.54) is 23.5 Å². The number of non-ortho nitro benzene ring substituents is 1. The van der Waals surface area contributed by atoms with E-state index in [1.54, 1.807) is 24.3 Å². The molecule has 0 atom stereocenters. The first-order valence-corrected chi connectivity index (χ1v) is 13.3. The maximum absolute atomic E-state index is 13.1. The number of amides is 1. The lowest BCUT2D eigenvalue weighted by Gasteiger charge is -2.30. The van der Waals surface area contributed by atoms with E-state index in [0.29, 0.717) is 28.5 Å². The standard InChI is InChI=1S/C25H27N5O5S2/c1-2-3-13-35-23(32)16-7-9-19-21(14-16)37-25(26-19)28-24(36)27-22(31)18-15-17(30(33)34)8-10-20(18)29-11-5-4-6-12-29/h7-10,14-15H,2-6,11-13H2,1H3,(H2,26,27,28,31,36). The number of benzene rings is 2. The lowest BCUT2D eigenvalue weighted by Crippen LogP contribution is -2.36. The van der Waals surface area contributed by atoms with Crippen LogP contribution in [0.2, 0.25) is 0 Å². The first kappa shape index (κ1) is 26.4. The third-order valence-corrected chi connectivity index (χ3v) is 7.07. The molecule has 0 saturated carbocycles. The summed E-state index contributed by atoms with van der Waals surface area (Å²) in [5, 5.41) is 17.3. The third-order valence-electron chi connectivity index (χ3n) is 5.94. The van der Waals surface area contributed by atoms with Gasteiger partial charge in [-0.1, -0.05) is 24.7 Å². The second kappa shape index (κ2) is 12.1. The predicted octanol–water partition coefficient (Wildman–Crippen LogP) is 5.28. The average Bonchev–Trinajstić information content (AvgIpc) is 3.30. The van der Waals surface area contributed by atoms with Crippen molar-refractivity contribution in [2.45, 2.75) is 39.0 Å². The first-order valence-electron chi connectivity index (χ1n) is 12.1. The summed E-state index contributed by atoms with van der Waals surface area (Å²) in [7, 11) is 0. The number of thiazole rings is 1. The molecule has 10 nitrogen and oxygen atoms in total. The van der Waals surface area contributed by atoms with E-state index >= 15 is 0 Å². The van der Waals surface area contributed by atoms with Gasteiger partial charge in [0.05, 0.1) is 38.6 Å². The number of hydrogen-bond acceptors (Lipinski definition) is 9. The Labute approximate surface area is 223 Å². The van der Waals surface area contributed by atoms with Crippen LogP contribution in [0.1, 0.15) is 59.7 Å². The zero-order chi connectivity index (χ0) is 26.4. The number of ether oxygens (including phenoxy) is 1. The molecule has 3 aromatic rings. The van der Waals surface area contributed by atoms with Crippen molar-refractivity contribution in [3.8, 4) is 0 Å². The van der Waals surface area contributed by atoms with Gasteiger partial charge in [-0.2, -0.15) is 0 Å². The van der Waals surface area contributed by atoms with Gasteiger partial charge in [-0.3, -0.25) is 20.2 Å². The van der Waals surface area contributed by atoms with Crippen molar-refractivity contribution < 1.29 is 19.2 Å². The average molecular weight is 542 g/mol. The summed E-state index contributed by atoms with van der Waals surface area (Å²) < 4.78 is 6.02. The van der Waals surface area contributed by atoms with Gasteiger partial charge in [-0.15, -0.1) is 0 Å². The van der Waals surface area contributed by atoms with Gasteiger partial charge in [-0.05, 0) is 62.2 Å². The summed E-state index contributed by atoms with van der Waals surface area (Å²) in [5.74, 6) is -0.928. The van der Waals surface area contributed by atoms with E-state index in [0.717, 1.165) is 49.9 Å². The second-order valence-corrected chi connectivity index (χ2v) is 10.0. The summed E-state index contributed by atoms with van der Waals surface area (Å²) in [5.41, 5.74) is 1.77. The summed E-state index contributed by atoms with van der Waals surface area (Å²) in [6.07, 6.45) is 4.85. The summed E-state index contributed by atoms with van der Waals surface area (Å²) in [6, 6.07) is 9.40. The highest BCUT2D eigenvalue weighted by Crippen LogP contribution is 2.29. The van der Waals surface area contributed by atoms with Crippen LogP contribution < -0.4 is 15.5 Å². The van der Waals surface area contributed by atoms with Crippen LogP contribution in [0, 0.1) is 10.1 Å². The predicted molar refractivity (Wildman–Crippen MR) is 148 cm³/mol. The van der Waals surface area contributed by atoms with E-state index in [-0.39, 0.29) is 22.3 Å². The van der Waals surface area contributed by atoms with Crippen molar-refractivity contribution in [2.24, 2.45) is 0 Å². The first-order chi connectivity index (χ1) is 17.9. The molecule has 1 amide bonds. The van der Waals surface area contributed by atoms with Crippen LogP contribution in [0.15, 0.2) is 36.4 Å². The Kier molecular flexibility index (Phi) is 8.62. The van der Waals surface area contributed by atoms with E-state index in [9.17, 15) is 19.7 Å². The van der Waals surface area contributed by atoms with Crippen molar-refractivity contribution in [2.75, 3.05) is 29.9 Å². The Balaban J connectivity index is 1.46. The molecule has 0 radical (unpaired) electrons. The maximum atomic E-state index is 13.1. The minimum absolute atomic E-state index is 0.0133. The largest absolute Gasteiger partial charge is 0.462 e. The molecule has 1 fully saturated rings. The molecular formula is C25H27N5O5S2.